The van der Waals surface area contributed by atoms with Crippen LogP contribution in [-0.2, 0) is 5.41 Å². The molecule has 1 unspecified atom stereocenters. The first-order valence-corrected chi connectivity index (χ1v) is 7.56. The van der Waals surface area contributed by atoms with Gasteiger partial charge in [-0.2, -0.15) is 0 Å². The third-order valence-corrected chi connectivity index (χ3v) is 4.43. The second-order valence-corrected chi connectivity index (χ2v) is 5.28. The van der Waals surface area contributed by atoms with E-state index in [-0.39, 0.29) is 0 Å². The average Bonchev–Trinajstić information content (AvgIpc) is 2.51. The van der Waals surface area contributed by atoms with E-state index in [1.807, 2.05) is 60.7 Å². The van der Waals surface area contributed by atoms with E-state index in [2.05, 4.69) is 6.92 Å². The lowest BCUT2D eigenvalue weighted by atomic mass is 9.80. The summed E-state index contributed by atoms with van der Waals surface area (Å²) < 4.78 is 5.86. The summed E-state index contributed by atoms with van der Waals surface area (Å²) in [5.41, 5.74) is 0.659. The second-order valence-electron chi connectivity index (χ2n) is 4.64. The van der Waals surface area contributed by atoms with Gasteiger partial charge in [-0.3, -0.25) is 0 Å². The number of thiocarbonyl (C=S) groups is 1. The van der Waals surface area contributed by atoms with E-state index in [1.54, 1.807) is 0 Å². The average molecular weight is 305 g/mol. The number of benzene rings is 2. The standard InChI is InChI=1S/C17H17ClOS/c1-2-17(13-18,14-9-5-3-6-10-14)16(20)19-15-11-7-4-8-12-15/h3-12H,2,13H2,1H3. The summed E-state index contributed by atoms with van der Waals surface area (Å²) in [6.45, 7) is 2.08. The van der Waals surface area contributed by atoms with Crippen molar-refractivity contribution >= 4 is 28.9 Å². The molecule has 0 radical (unpaired) electrons. The van der Waals surface area contributed by atoms with Crippen LogP contribution in [0.2, 0.25) is 0 Å². The van der Waals surface area contributed by atoms with Gasteiger partial charge in [-0.25, -0.2) is 0 Å². The molecule has 20 heavy (non-hydrogen) atoms. The molecule has 0 aliphatic carbocycles. The van der Waals surface area contributed by atoms with E-state index in [9.17, 15) is 0 Å². The van der Waals surface area contributed by atoms with Crippen molar-refractivity contribution in [1.82, 2.24) is 0 Å². The van der Waals surface area contributed by atoms with E-state index < -0.39 is 5.41 Å². The topological polar surface area (TPSA) is 9.23 Å². The Bertz CT molecular complexity index is 550. The first kappa shape index (κ1) is 15.0. The van der Waals surface area contributed by atoms with Crippen LogP contribution < -0.4 is 4.74 Å². The molecule has 0 saturated carbocycles. The highest BCUT2D eigenvalue weighted by atomic mass is 35.5. The quantitative estimate of drug-likeness (QED) is 0.569. The van der Waals surface area contributed by atoms with Gasteiger partial charge < -0.3 is 4.74 Å². The minimum Gasteiger partial charge on any atom is -0.449 e. The molecule has 0 amide bonds. The van der Waals surface area contributed by atoms with Crippen LogP contribution in [0.3, 0.4) is 0 Å². The molecule has 1 atom stereocenters. The van der Waals surface area contributed by atoms with Gasteiger partial charge in [0.2, 0.25) is 0 Å². The largest absolute Gasteiger partial charge is 0.449 e. The molecule has 0 aliphatic rings. The number of hydrogen-bond donors (Lipinski definition) is 0. The molecule has 104 valence electrons. The Balaban J connectivity index is 2.31. The Labute approximate surface area is 130 Å². The first-order chi connectivity index (χ1) is 9.73. The number of para-hydroxylation sites is 1. The summed E-state index contributed by atoms with van der Waals surface area (Å²) in [6.07, 6.45) is 0.798. The minimum absolute atomic E-state index is 0.402. The van der Waals surface area contributed by atoms with Crippen molar-refractivity contribution in [1.29, 1.82) is 0 Å². The fourth-order valence-electron chi connectivity index (χ4n) is 2.14. The first-order valence-electron chi connectivity index (χ1n) is 6.62. The highest BCUT2D eigenvalue weighted by molar-refractivity contribution is 7.80. The van der Waals surface area contributed by atoms with Gasteiger partial charge in [-0.15, -0.1) is 11.6 Å². The predicted octanol–water partition coefficient (Wildman–Crippen LogP) is 4.98. The van der Waals surface area contributed by atoms with Crippen molar-refractivity contribution in [3.63, 3.8) is 0 Å². The lowest BCUT2D eigenvalue weighted by Gasteiger charge is -2.31. The predicted molar refractivity (Wildman–Crippen MR) is 88.8 cm³/mol. The third-order valence-electron chi connectivity index (χ3n) is 3.50. The Morgan fingerprint density at radius 1 is 1.05 bits per heavy atom. The van der Waals surface area contributed by atoms with Gasteiger partial charge in [0.25, 0.3) is 0 Å². The van der Waals surface area contributed by atoms with Crippen molar-refractivity contribution in [3.05, 3.63) is 66.2 Å². The summed E-state index contributed by atoms with van der Waals surface area (Å²) >= 11 is 11.8. The number of alkyl halides is 1. The SMILES string of the molecule is CCC(CCl)(C(=S)Oc1ccccc1)c1ccccc1. The highest BCUT2D eigenvalue weighted by Crippen LogP contribution is 2.32. The molecule has 0 aliphatic heterocycles. The van der Waals surface area contributed by atoms with Gasteiger partial charge in [0.05, 0.1) is 5.41 Å². The Hall–Kier alpha value is -1.38. The number of rotatable bonds is 5. The molecular formula is C17H17ClOS. The summed E-state index contributed by atoms with van der Waals surface area (Å²) in [4.78, 5) is 0. The highest BCUT2D eigenvalue weighted by Gasteiger charge is 2.36. The molecule has 0 aromatic heterocycles. The Morgan fingerprint density at radius 3 is 2.10 bits per heavy atom. The molecule has 3 heteroatoms. The minimum atomic E-state index is -0.437. The van der Waals surface area contributed by atoms with Gasteiger partial charge in [-0.1, -0.05) is 55.5 Å². The normalized spacial score (nSPS) is 13.5. The number of ether oxygens (including phenoxy) is 1. The van der Waals surface area contributed by atoms with Crippen LogP contribution in [0.15, 0.2) is 60.7 Å². The van der Waals surface area contributed by atoms with Crippen molar-refractivity contribution in [2.24, 2.45) is 0 Å². The Morgan fingerprint density at radius 2 is 1.60 bits per heavy atom. The zero-order valence-corrected chi connectivity index (χ0v) is 13.0. The van der Waals surface area contributed by atoms with E-state index >= 15 is 0 Å². The smallest absolute Gasteiger partial charge is 0.179 e. The van der Waals surface area contributed by atoms with Crippen molar-refractivity contribution in [2.75, 3.05) is 5.88 Å². The monoisotopic (exact) mass is 304 g/mol. The van der Waals surface area contributed by atoms with Gasteiger partial charge in [-0.05, 0) is 36.3 Å². The molecule has 0 N–H and O–H groups in total. The van der Waals surface area contributed by atoms with Crippen molar-refractivity contribution in [2.45, 2.75) is 18.8 Å². The van der Waals surface area contributed by atoms with E-state index in [1.165, 1.54) is 0 Å². The summed E-state index contributed by atoms with van der Waals surface area (Å²) in [5, 5.41) is 0.521. The third kappa shape index (κ3) is 3.02. The lowest BCUT2D eigenvalue weighted by Crippen LogP contribution is -2.39. The fraction of sp³-hybridized carbons (Fsp3) is 0.235. The van der Waals surface area contributed by atoms with Crippen molar-refractivity contribution in [3.8, 4) is 5.75 Å². The fourth-order valence-corrected chi connectivity index (χ4v) is 3.12. The summed E-state index contributed by atoms with van der Waals surface area (Å²) in [7, 11) is 0. The molecule has 0 saturated heterocycles. The maximum Gasteiger partial charge on any atom is 0.179 e. The van der Waals surface area contributed by atoms with E-state index in [0.29, 0.717) is 10.9 Å². The van der Waals surface area contributed by atoms with Crippen LogP contribution in [0.1, 0.15) is 18.9 Å². The molecule has 2 aromatic carbocycles. The summed E-state index contributed by atoms with van der Waals surface area (Å²) in [6, 6.07) is 19.7. The van der Waals surface area contributed by atoms with Crippen LogP contribution in [-0.4, -0.2) is 10.9 Å². The van der Waals surface area contributed by atoms with Crippen LogP contribution in [0.25, 0.3) is 0 Å². The van der Waals surface area contributed by atoms with Gasteiger partial charge in [0.15, 0.2) is 5.05 Å². The van der Waals surface area contributed by atoms with Crippen LogP contribution >= 0.6 is 23.8 Å². The zero-order chi connectivity index (χ0) is 14.4. The second kappa shape index (κ2) is 6.87. The molecule has 0 heterocycles. The zero-order valence-electron chi connectivity index (χ0n) is 11.4. The molecule has 2 rings (SSSR count). The molecular weight excluding hydrogens is 288 g/mol. The number of hydrogen-bond acceptors (Lipinski definition) is 2. The number of halogens is 1. The van der Waals surface area contributed by atoms with Crippen LogP contribution in [0, 0.1) is 0 Å². The van der Waals surface area contributed by atoms with E-state index in [4.69, 9.17) is 28.6 Å². The van der Waals surface area contributed by atoms with Crippen molar-refractivity contribution < 1.29 is 4.74 Å². The van der Waals surface area contributed by atoms with Gasteiger partial charge >= 0.3 is 0 Å². The molecule has 1 nitrogen and oxygen atoms in total. The Kier molecular flexibility index (Phi) is 5.16. The van der Waals surface area contributed by atoms with E-state index in [0.717, 1.165) is 17.7 Å². The van der Waals surface area contributed by atoms with Crippen LogP contribution in [0.4, 0.5) is 0 Å². The molecule has 2 aromatic rings. The lowest BCUT2D eigenvalue weighted by molar-refractivity contribution is 0.471. The van der Waals surface area contributed by atoms with Gasteiger partial charge in [0, 0.05) is 5.88 Å². The maximum absolute atomic E-state index is 6.25. The van der Waals surface area contributed by atoms with Gasteiger partial charge in [0.1, 0.15) is 5.75 Å². The molecule has 0 fully saturated rings. The maximum atomic E-state index is 6.25. The summed E-state index contributed by atoms with van der Waals surface area (Å²) in [5.74, 6) is 1.15. The van der Waals surface area contributed by atoms with Crippen LogP contribution in [0.5, 0.6) is 5.75 Å². The molecule has 0 spiro atoms. The molecule has 0 bridgehead atoms.